The van der Waals surface area contributed by atoms with Crippen molar-refractivity contribution in [2.45, 2.75) is 18.9 Å². The number of nitrogens with zero attached hydrogens (tertiary/aromatic N) is 2. The smallest absolute Gasteiger partial charge is 0.148 e. The molecule has 0 aliphatic carbocycles. The third-order valence-corrected chi connectivity index (χ3v) is 2.91. The van der Waals surface area contributed by atoms with E-state index in [1.807, 2.05) is 25.4 Å². The molecule has 0 aliphatic heterocycles. The van der Waals surface area contributed by atoms with Gasteiger partial charge in [-0.15, -0.1) is 0 Å². The van der Waals surface area contributed by atoms with E-state index in [-0.39, 0.29) is 6.04 Å². The number of aromatic nitrogens is 2. The molecule has 2 rings (SSSR count). The first-order chi connectivity index (χ1) is 8.74. The minimum Gasteiger partial charge on any atom is -0.367 e. The molecule has 1 aromatic heterocycles. The quantitative estimate of drug-likeness (QED) is 0.814. The van der Waals surface area contributed by atoms with Crippen LogP contribution >= 0.6 is 0 Å². The lowest BCUT2D eigenvalue weighted by Crippen LogP contribution is -2.29. The molecule has 4 nitrogen and oxygen atoms in total. The van der Waals surface area contributed by atoms with Crippen LogP contribution in [0.5, 0.6) is 0 Å². The minimum absolute atomic E-state index is 0.146. The third kappa shape index (κ3) is 3.89. The van der Waals surface area contributed by atoms with Crippen molar-refractivity contribution in [1.82, 2.24) is 9.78 Å². The Balaban J connectivity index is 1.71. The summed E-state index contributed by atoms with van der Waals surface area (Å²) in [6, 6.07) is 12.5. The highest BCUT2D eigenvalue weighted by atomic mass is 15.3. The maximum absolute atomic E-state index is 6.08. The Labute approximate surface area is 108 Å². The zero-order valence-corrected chi connectivity index (χ0v) is 10.7. The number of nitrogens with one attached hydrogen (secondary N) is 1. The molecule has 0 saturated heterocycles. The SMILES string of the molecule is Cn1ccc(NCC(N)CCc2ccccc2)n1. The van der Waals surface area contributed by atoms with Crippen molar-refractivity contribution >= 4 is 5.82 Å². The van der Waals surface area contributed by atoms with E-state index in [9.17, 15) is 0 Å². The van der Waals surface area contributed by atoms with Crippen molar-refractivity contribution in [2.24, 2.45) is 12.8 Å². The summed E-state index contributed by atoms with van der Waals surface area (Å²) in [4.78, 5) is 0. The lowest BCUT2D eigenvalue weighted by molar-refractivity contribution is 0.636. The van der Waals surface area contributed by atoms with Crippen molar-refractivity contribution in [3.05, 3.63) is 48.2 Å². The highest BCUT2D eigenvalue weighted by Gasteiger charge is 2.04. The summed E-state index contributed by atoms with van der Waals surface area (Å²) < 4.78 is 1.78. The third-order valence-electron chi connectivity index (χ3n) is 2.91. The molecule has 1 unspecified atom stereocenters. The predicted molar refractivity (Wildman–Crippen MR) is 74.4 cm³/mol. The first-order valence-corrected chi connectivity index (χ1v) is 6.27. The summed E-state index contributed by atoms with van der Waals surface area (Å²) in [5.41, 5.74) is 7.42. The van der Waals surface area contributed by atoms with E-state index in [0.717, 1.165) is 25.2 Å². The molecule has 0 fully saturated rings. The first kappa shape index (κ1) is 12.6. The van der Waals surface area contributed by atoms with Gasteiger partial charge in [-0.05, 0) is 18.4 Å². The van der Waals surface area contributed by atoms with E-state index in [2.05, 4.69) is 34.7 Å². The summed E-state index contributed by atoms with van der Waals surface area (Å²) >= 11 is 0. The lowest BCUT2D eigenvalue weighted by Gasteiger charge is -2.12. The second kappa shape index (κ2) is 6.21. The predicted octanol–water partition coefficient (Wildman–Crippen LogP) is 1.79. The molecule has 0 aliphatic rings. The van der Waals surface area contributed by atoms with Gasteiger partial charge >= 0.3 is 0 Å². The van der Waals surface area contributed by atoms with Crippen molar-refractivity contribution in [2.75, 3.05) is 11.9 Å². The van der Waals surface area contributed by atoms with Crippen molar-refractivity contribution in [3.8, 4) is 0 Å². The monoisotopic (exact) mass is 244 g/mol. The zero-order chi connectivity index (χ0) is 12.8. The molecule has 1 atom stereocenters. The fraction of sp³-hybridized carbons (Fsp3) is 0.357. The van der Waals surface area contributed by atoms with Gasteiger partial charge in [-0.25, -0.2) is 0 Å². The fourth-order valence-corrected chi connectivity index (χ4v) is 1.84. The van der Waals surface area contributed by atoms with E-state index in [1.54, 1.807) is 4.68 Å². The van der Waals surface area contributed by atoms with Crippen LogP contribution in [0.15, 0.2) is 42.6 Å². The second-order valence-electron chi connectivity index (χ2n) is 4.54. The van der Waals surface area contributed by atoms with Crippen molar-refractivity contribution in [1.29, 1.82) is 0 Å². The van der Waals surface area contributed by atoms with Crippen LogP contribution in [0.2, 0.25) is 0 Å². The molecule has 0 saturated carbocycles. The maximum atomic E-state index is 6.08. The summed E-state index contributed by atoms with van der Waals surface area (Å²) in [6.45, 7) is 0.754. The Morgan fingerprint density at radius 1 is 1.28 bits per heavy atom. The van der Waals surface area contributed by atoms with Crippen LogP contribution in [-0.4, -0.2) is 22.4 Å². The molecule has 18 heavy (non-hydrogen) atoms. The van der Waals surface area contributed by atoms with Gasteiger partial charge in [0.15, 0.2) is 0 Å². The van der Waals surface area contributed by atoms with Gasteiger partial charge in [-0.3, -0.25) is 4.68 Å². The molecule has 4 heteroatoms. The van der Waals surface area contributed by atoms with Gasteiger partial charge in [0, 0.05) is 31.9 Å². The molecule has 0 spiro atoms. The maximum Gasteiger partial charge on any atom is 0.148 e. The number of hydrogen-bond donors (Lipinski definition) is 2. The lowest BCUT2D eigenvalue weighted by atomic mass is 10.1. The average Bonchev–Trinajstić information content (AvgIpc) is 2.81. The van der Waals surface area contributed by atoms with Gasteiger partial charge in [-0.1, -0.05) is 30.3 Å². The van der Waals surface area contributed by atoms with Gasteiger partial charge in [0.05, 0.1) is 0 Å². The van der Waals surface area contributed by atoms with E-state index >= 15 is 0 Å². The molecule has 96 valence electrons. The van der Waals surface area contributed by atoms with Crippen LogP contribution in [0, 0.1) is 0 Å². The van der Waals surface area contributed by atoms with Crippen LogP contribution in [0.1, 0.15) is 12.0 Å². The Kier molecular flexibility index (Phi) is 4.36. The van der Waals surface area contributed by atoms with Crippen LogP contribution in [0.4, 0.5) is 5.82 Å². The first-order valence-electron chi connectivity index (χ1n) is 6.27. The van der Waals surface area contributed by atoms with Crippen LogP contribution < -0.4 is 11.1 Å². The molecule has 0 amide bonds. The van der Waals surface area contributed by atoms with E-state index in [0.29, 0.717) is 0 Å². The highest BCUT2D eigenvalue weighted by Crippen LogP contribution is 2.05. The van der Waals surface area contributed by atoms with Gasteiger partial charge in [-0.2, -0.15) is 5.10 Å². The molecule has 2 aromatic rings. The van der Waals surface area contributed by atoms with E-state index in [1.165, 1.54) is 5.56 Å². The van der Waals surface area contributed by atoms with Gasteiger partial charge in [0.2, 0.25) is 0 Å². The number of benzene rings is 1. The Hall–Kier alpha value is -1.81. The minimum atomic E-state index is 0.146. The average molecular weight is 244 g/mol. The molecule has 1 aromatic carbocycles. The molecule has 3 N–H and O–H groups in total. The number of rotatable bonds is 6. The van der Waals surface area contributed by atoms with E-state index in [4.69, 9.17) is 5.73 Å². The largest absolute Gasteiger partial charge is 0.367 e. The van der Waals surface area contributed by atoms with Gasteiger partial charge in [0.1, 0.15) is 5.82 Å². The number of aryl methyl sites for hydroxylation is 2. The Bertz CT molecular complexity index is 464. The standard InChI is InChI=1S/C14H20N4/c1-18-10-9-14(17-18)16-11-13(15)8-7-12-5-3-2-4-6-12/h2-6,9-10,13H,7-8,11,15H2,1H3,(H,16,17). The van der Waals surface area contributed by atoms with Crippen molar-refractivity contribution < 1.29 is 0 Å². The van der Waals surface area contributed by atoms with Gasteiger partial charge in [0.25, 0.3) is 0 Å². The molecular formula is C14H20N4. The Morgan fingerprint density at radius 2 is 2.06 bits per heavy atom. The summed E-state index contributed by atoms with van der Waals surface area (Å²) in [7, 11) is 1.90. The summed E-state index contributed by atoms with van der Waals surface area (Å²) in [5.74, 6) is 0.882. The van der Waals surface area contributed by atoms with Crippen LogP contribution in [0.25, 0.3) is 0 Å². The van der Waals surface area contributed by atoms with Crippen molar-refractivity contribution in [3.63, 3.8) is 0 Å². The number of hydrogen-bond acceptors (Lipinski definition) is 3. The fourth-order valence-electron chi connectivity index (χ4n) is 1.84. The second-order valence-corrected chi connectivity index (χ2v) is 4.54. The topological polar surface area (TPSA) is 55.9 Å². The van der Waals surface area contributed by atoms with E-state index < -0.39 is 0 Å². The summed E-state index contributed by atoms with van der Waals surface area (Å²) in [5, 5.41) is 7.50. The van der Waals surface area contributed by atoms with Crippen LogP contribution in [0.3, 0.4) is 0 Å². The molecule has 0 radical (unpaired) electrons. The highest BCUT2D eigenvalue weighted by molar-refractivity contribution is 5.32. The van der Waals surface area contributed by atoms with Gasteiger partial charge < -0.3 is 11.1 Å². The normalized spacial score (nSPS) is 12.3. The zero-order valence-electron chi connectivity index (χ0n) is 10.7. The Morgan fingerprint density at radius 3 is 2.72 bits per heavy atom. The molecular weight excluding hydrogens is 224 g/mol. The number of anilines is 1. The molecule has 1 heterocycles. The number of nitrogens with two attached hydrogens (primary N) is 1. The van der Waals surface area contributed by atoms with Crippen LogP contribution in [-0.2, 0) is 13.5 Å². The molecule has 0 bridgehead atoms. The summed E-state index contributed by atoms with van der Waals surface area (Å²) in [6.07, 6.45) is 3.91.